The Bertz CT molecular complexity index is 1120. The van der Waals surface area contributed by atoms with E-state index in [2.05, 4.69) is 20.7 Å². The molecule has 3 rings (SSSR count). The first-order chi connectivity index (χ1) is 15.4. The van der Waals surface area contributed by atoms with Gasteiger partial charge in [-0.05, 0) is 42.0 Å². The average molecular weight is 459 g/mol. The number of hydrogen-bond acceptors (Lipinski definition) is 8. The number of carbonyl (C=O) groups is 2. The number of benzene rings is 2. The van der Waals surface area contributed by atoms with Gasteiger partial charge in [-0.1, -0.05) is 23.7 Å². The maximum absolute atomic E-state index is 12.6. The van der Waals surface area contributed by atoms with Gasteiger partial charge in [0.2, 0.25) is 11.7 Å². The molecule has 166 valence electrons. The molecule has 0 saturated carbocycles. The summed E-state index contributed by atoms with van der Waals surface area (Å²) in [4.78, 5) is 36.3. The van der Waals surface area contributed by atoms with Crippen LogP contribution in [0.1, 0.15) is 24.9 Å². The van der Waals surface area contributed by atoms with Crippen molar-refractivity contribution < 1.29 is 19.2 Å². The summed E-state index contributed by atoms with van der Waals surface area (Å²) < 4.78 is 4.96. The van der Waals surface area contributed by atoms with Gasteiger partial charge in [0, 0.05) is 22.7 Å². The topological polar surface area (TPSA) is 142 Å². The molecule has 1 atom stereocenters. The van der Waals surface area contributed by atoms with Crippen LogP contribution < -0.4 is 5.32 Å². The Morgan fingerprint density at radius 1 is 1.25 bits per heavy atom. The van der Waals surface area contributed by atoms with Crippen molar-refractivity contribution in [3.05, 3.63) is 69.2 Å². The smallest absolute Gasteiger partial charge is 0.308 e. The monoisotopic (exact) mass is 458 g/mol. The van der Waals surface area contributed by atoms with E-state index in [1.807, 2.05) is 0 Å². The number of nitrogens with zero attached hydrogens (tertiary/aromatic N) is 5. The number of ether oxygens (including phenoxy) is 1. The summed E-state index contributed by atoms with van der Waals surface area (Å²) in [5.41, 5.74) is 0.919. The Kier molecular flexibility index (Phi) is 7.45. The van der Waals surface area contributed by atoms with Gasteiger partial charge < -0.3 is 10.1 Å². The summed E-state index contributed by atoms with van der Waals surface area (Å²) >= 11 is 5.87. The summed E-state index contributed by atoms with van der Waals surface area (Å²) in [6, 6.07) is 11.7. The van der Waals surface area contributed by atoms with Crippen molar-refractivity contribution in [2.45, 2.75) is 25.9 Å². The van der Waals surface area contributed by atoms with Crippen LogP contribution in [0.4, 0.5) is 5.69 Å². The zero-order valence-electron chi connectivity index (χ0n) is 17.0. The van der Waals surface area contributed by atoms with Gasteiger partial charge in [-0.3, -0.25) is 19.7 Å². The number of tetrazole rings is 1. The van der Waals surface area contributed by atoms with Crippen molar-refractivity contribution in [2.75, 3.05) is 6.61 Å². The predicted molar refractivity (Wildman–Crippen MR) is 113 cm³/mol. The number of carbonyl (C=O) groups excluding carboxylic acids is 2. The van der Waals surface area contributed by atoms with E-state index in [1.165, 1.54) is 18.2 Å². The molecule has 1 N–H and O–H groups in total. The van der Waals surface area contributed by atoms with E-state index in [4.69, 9.17) is 16.3 Å². The lowest BCUT2D eigenvalue weighted by Crippen LogP contribution is -2.33. The summed E-state index contributed by atoms with van der Waals surface area (Å²) in [6.07, 6.45) is -0.193. The molecular formula is C20H19ClN6O5. The van der Waals surface area contributed by atoms with E-state index < -0.39 is 22.8 Å². The molecule has 0 spiro atoms. The minimum atomic E-state index is -0.833. The van der Waals surface area contributed by atoms with Crippen LogP contribution in [0.5, 0.6) is 0 Å². The third-order valence-corrected chi connectivity index (χ3v) is 4.59. The van der Waals surface area contributed by atoms with E-state index in [0.29, 0.717) is 22.0 Å². The lowest BCUT2D eigenvalue weighted by Gasteiger charge is -2.18. The number of halogens is 1. The largest absolute Gasteiger partial charge is 0.466 e. The second kappa shape index (κ2) is 10.4. The lowest BCUT2D eigenvalue weighted by molar-refractivity contribution is -0.384. The number of aromatic nitrogens is 4. The molecule has 12 heteroatoms. The summed E-state index contributed by atoms with van der Waals surface area (Å²) in [7, 11) is 0. The molecule has 0 fully saturated rings. The van der Waals surface area contributed by atoms with E-state index in [0.717, 1.165) is 4.80 Å². The lowest BCUT2D eigenvalue weighted by atomic mass is 10.0. The van der Waals surface area contributed by atoms with Crippen LogP contribution in [0.15, 0.2) is 48.5 Å². The highest BCUT2D eigenvalue weighted by Crippen LogP contribution is 2.22. The molecule has 0 aliphatic carbocycles. The molecule has 32 heavy (non-hydrogen) atoms. The first-order valence-corrected chi connectivity index (χ1v) is 9.96. The van der Waals surface area contributed by atoms with Gasteiger partial charge in [0.05, 0.1) is 24.0 Å². The SMILES string of the molecule is CCOC(=O)C[C@@H](NC(=O)Cn1nnc(-c2ccc(Cl)cc2)n1)c1cccc([N+](=O)[O-])c1. The highest BCUT2D eigenvalue weighted by molar-refractivity contribution is 6.30. The quantitative estimate of drug-likeness (QED) is 0.293. The third kappa shape index (κ3) is 6.08. The van der Waals surface area contributed by atoms with E-state index in [-0.39, 0.29) is 25.3 Å². The number of nitro benzene ring substituents is 1. The molecular weight excluding hydrogens is 440 g/mol. The van der Waals surface area contributed by atoms with Crippen LogP contribution >= 0.6 is 11.6 Å². The van der Waals surface area contributed by atoms with E-state index in [1.54, 1.807) is 37.3 Å². The summed E-state index contributed by atoms with van der Waals surface area (Å²) in [6.45, 7) is 1.56. The van der Waals surface area contributed by atoms with E-state index in [9.17, 15) is 19.7 Å². The molecule has 0 unspecified atom stereocenters. The fourth-order valence-corrected chi connectivity index (χ4v) is 3.01. The van der Waals surface area contributed by atoms with Gasteiger partial charge in [0.25, 0.3) is 5.69 Å². The first kappa shape index (κ1) is 22.8. The van der Waals surface area contributed by atoms with Gasteiger partial charge in [-0.25, -0.2) is 0 Å². The Balaban J connectivity index is 1.73. The molecule has 1 heterocycles. The number of rotatable bonds is 9. The zero-order chi connectivity index (χ0) is 23.1. The van der Waals surface area contributed by atoms with Crippen molar-refractivity contribution in [1.29, 1.82) is 0 Å². The zero-order valence-corrected chi connectivity index (χ0v) is 17.7. The van der Waals surface area contributed by atoms with Crippen LogP contribution in [-0.4, -0.2) is 43.6 Å². The highest BCUT2D eigenvalue weighted by Gasteiger charge is 2.22. The van der Waals surface area contributed by atoms with Crippen LogP contribution in [-0.2, 0) is 20.9 Å². The Morgan fingerprint density at radius 3 is 2.69 bits per heavy atom. The molecule has 0 bridgehead atoms. The molecule has 11 nitrogen and oxygen atoms in total. The van der Waals surface area contributed by atoms with Crippen LogP contribution in [0, 0.1) is 10.1 Å². The Morgan fingerprint density at radius 2 is 2.00 bits per heavy atom. The van der Waals surface area contributed by atoms with Gasteiger partial charge in [-0.2, -0.15) is 4.80 Å². The van der Waals surface area contributed by atoms with Crippen LogP contribution in [0.25, 0.3) is 11.4 Å². The molecule has 3 aromatic rings. The fourth-order valence-electron chi connectivity index (χ4n) is 2.89. The number of amides is 1. The van der Waals surface area contributed by atoms with E-state index >= 15 is 0 Å². The summed E-state index contributed by atoms with van der Waals surface area (Å²) in [5.74, 6) is -0.740. The Labute approximate surface area is 187 Å². The Hall–Kier alpha value is -3.86. The third-order valence-electron chi connectivity index (χ3n) is 4.34. The standard InChI is InChI=1S/C20H19ClN6O5/c1-2-32-19(29)11-17(14-4-3-5-16(10-14)27(30)31)22-18(28)12-26-24-20(23-25-26)13-6-8-15(21)9-7-13/h3-10,17H,2,11-12H2,1H3,(H,22,28)/t17-/m1/s1. The predicted octanol–water partition coefficient (Wildman–Crippen LogP) is 2.71. The minimum Gasteiger partial charge on any atom is -0.466 e. The van der Waals surface area contributed by atoms with Crippen molar-refractivity contribution >= 4 is 29.2 Å². The first-order valence-electron chi connectivity index (χ1n) is 9.58. The molecule has 0 aliphatic heterocycles. The minimum absolute atomic E-state index is 0.156. The number of esters is 1. The second-order valence-electron chi connectivity index (χ2n) is 6.63. The number of nitro groups is 1. The molecule has 0 radical (unpaired) electrons. The van der Waals surface area contributed by atoms with Gasteiger partial charge in [0.15, 0.2) is 0 Å². The fraction of sp³-hybridized carbons (Fsp3) is 0.250. The second-order valence-corrected chi connectivity index (χ2v) is 7.07. The maximum atomic E-state index is 12.6. The van der Waals surface area contributed by atoms with Crippen molar-refractivity contribution in [2.24, 2.45) is 0 Å². The number of non-ortho nitro benzene ring substituents is 1. The van der Waals surface area contributed by atoms with Crippen LogP contribution in [0.2, 0.25) is 5.02 Å². The van der Waals surface area contributed by atoms with Crippen molar-refractivity contribution in [3.8, 4) is 11.4 Å². The number of nitrogens with one attached hydrogen (secondary N) is 1. The highest BCUT2D eigenvalue weighted by atomic mass is 35.5. The number of hydrogen-bond donors (Lipinski definition) is 1. The molecule has 0 aliphatic rings. The van der Waals surface area contributed by atoms with Gasteiger partial charge >= 0.3 is 5.97 Å². The maximum Gasteiger partial charge on any atom is 0.308 e. The molecule has 2 aromatic carbocycles. The molecule has 1 amide bonds. The van der Waals surface area contributed by atoms with Gasteiger partial charge in [-0.15, -0.1) is 10.2 Å². The molecule has 0 saturated heterocycles. The van der Waals surface area contributed by atoms with Crippen molar-refractivity contribution in [3.63, 3.8) is 0 Å². The van der Waals surface area contributed by atoms with Gasteiger partial charge in [0.1, 0.15) is 6.54 Å². The average Bonchev–Trinajstić information content (AvgIpc) is 3.22. The normalized spacial score (nSPS) is 11.6. The molecule has 1 aromatic heterocycles. The van der Waals surface area contributed by atoms with Crippen molar-refractivity contribution in [1.82, 2.24) is 25.5 Å². The van der Waals surface area contributed by atoms with Crippen LogP contribution in [0.3, 0.4) is 0 Å². The summed E-state index contributed by atoms with van der Waals surface area (Å²) in [5, 5.41) is 26.3.